The highest BCUT2D eigenvalue weighted by molar-refractivity contribution is 5.99. The van der Waals surface area contributed by atoms with Crippen molar-refractivity contribution in [3.05, 3.63) is 29.8 Å². The molecule has 3 N–H and O–H groups in total. The van der Waals surface area contributed by atoms with Crippen molar-refractivity contribution >= 4 is 17.5 Å². The number of rotatable bonds is 7. The van der Waals surface area contributed by atoms with E-state index < -0.39 is 5.91 Å². The predicted octanol–water partition coefficient (Wildman–Crippen LogP) is 1.94. The third-order valence-electron chi connectivity index (χ3n) is 5.94. The van der Waals surface area contributed by atoms with Gasteiger partial charge in [-0.1, -0.05) is 12.1 Å². The van der Waals surface area contributed by atoms with Crippen LogP contribution in [0.5, 0.6) is 0 Å². The van der Waals surface area contributed by atoms with Crippen LogP contribution in [0.15, 0.2) is 24.3 Å². The number of carbonyl (C=O) groups is 2. The SMILES string of the molecule is C[C@H]1CN(CCC2CCN(C(=O)CNc3ccccc3C(N)=O)CC2)C[C@H](C)O1. The monoisotopic (exact) mass is 402 g/mol. The molecule has 3 rings (SSSR count). The average molecular weight is 403 g/mol. The van der Waals surface area contributed by atoms with E-state index in [1.54, 1.807) is 18.2 Å². The fourth-order valence-corrected chi connectivity index (χ4v) is 4.44. The fraction of sp³-hybridized carbons (Fsp3) is 0.636. The Balaban J connectivity index is 1.39. The number of amides is 2. The van der Waals surface area contributed by atoms with E-state index in [0.29, 0.717) is 29.4 Å². The summed E-state index contributed by atoms with van der Waals surface area (Å²) in [4.78, 5) is 28.5. The maximum absolute atomic E-state index is 12.6. The Morgan fingerprint density at radius 1 is 1.14 bits per heavy atom. The van der Waals surface area contributed by atoms with E-state index in [4.69, 9.17) is 10.5 Å². The van der Waals surface area contributed by atoms with Crippen molar-refractivity contribution in [3.63, 3.8) is 0 Å². The third-order valence-corrected chi connectivity index (χ3v) is 5.94. The number of morpholine rings is 1. The van der Waals surface area contributed by atoms with E-state index in [1.165, 1.54) is 6.42 Å². The topological polar surface area (TPSA) is 87.9 Å². The van der Waals surface area contributed by atoms with Crippen LogP contribution in [0.25, 0.3) is 0 Å². The summed E-state index contributed by atoms with van der Waals surface area (Å²) >= 11 is 0. The Morgan fingerprint density at radius 3 is 2.45 bits per heavy atom. The van der Waals surface area contributed by atoms with Gasteiger partial charge in [0.05, 0.1) is 24.3 Å². The highest BCUT2D eigenvalue weighted by Gasteiger charge is 2.25. The first-order chi connectivity index (χ1) is 13.9. The first-order valence-electron chi connectivity index (χ1n) is 10.7. The summed E-state index contributed by atoms with van der Waals surface area (Å²) in [6.45, 7) is 9.21. The largest absolute Gasteiger partial charge is 0.376 e. The van der Waals surface area contributed by atoms with Gasteiger partial charge in [-0.2, -0.15) is 0 Å². The maximum atomic E-state index is 12.6. The van der Waals surface area contributed by atoms with Crippen LogP contribution in [0, 0.1) is 5.92 Å². The number of primary amides is 1. The Bertz CT molecular complexity index is 693. The summed E-state index contributed by atoms with van der Waals surface area (Å²) in [6, 6.07) is 7.01. The zero-order valence-electron chi connectivity index (χ0n) is 17.6. The van der Waals surface area contributed by atoms with Gasteiger partial charge in [0.15, 0.2) is 0 Å². The van der Waals surface area contributed by atoms with Crippen LogP contribution in [0.1, 0.15) is 43.5 Å². The molecule has 0 bridgehead atoms. The highest BCUT2D eigenvalue weighted by Crippen LogP contribution is 2.22. The lowest BCUT2D eigenvalue weighted by molar-refractivity contribution is -0.130. The highest BCUT2D eigenvalue weighted by atomic mass is 16.5. The van der Waals surface area contributed by atoms with Crippen molar-refractivity contribution in [2.45, 2.75) is 45.3 Å². The second-order valence-electron chi connectivity index (χ2n) is 8.39. The van der Waals surface area contributed by atoms with Gasteiger partial charge in [0.25, 0.3) is 5.91 Å². The quantitative estimate of drug-likeness (QED) is 0.728. The summed E-state index contributed by atoms with van der Waals surface area (Å²) in [7, 11) is 0. The maximum Gasteiger partial charge on any atom is 0.250 e. The van der Waals surface area contributed by atoms with Gasteiger partial charge in [0, 0.05) is 31.9 Å². The number of likely N-dealkylation sites (tertiary alicyclic amines) is 1. The second kappa shape index (κ2) is 10.1. The summed E-state index contributed by atoms with van der Waals surface area (Å²) in [6.07, 6.45) is 3.92. The van der Waals surface area contributed by atoms with Crippen molar-refractivity contribution in [3.8, 4) is 0 Å². The summed E-state index contributed by atoms with van der Waals surface area (Å²) in [5.41, 5.74) is 6.41. The van der Waals surface area contributed by atoms with E-state index in [-0.39, 0.29) is 12.5 Å². The minimum atomic E-state index is -0.495. The summed E-state index contributed by atoms with van der Waals surface area (Å²) in [5.74, 6) is 0.250. The number of piperidine rings is 1. The number of hydrogen-bond donors (Lipinski definition) is 2. The molecule has 2 heterocycles. The third kappa shape index (κ3) is 6.18. The average Bonchev–Trinajstić information content (AvgIpc) is 2.70. The van der Waals surface area contributed by atoms with Crippen LogP contribution in [-0.2, 0) is 9.53 Å². The second-order valence-corrected chi connectivity index (χ2v) is 8.39. The molecule has 160 valence electrons. The molecule has 1 aromatic carbocycles. The van der Waals surface area contributed by atoms with Crippen molar-refractivity contribution in [2.75, 3.05) is 44.6 Å². The van der Waals surface area contributed by atoms with Gasteiger partial charge in [-0.25, -0.2) is 0 Å². The number of nitrogens with two attached hydrogens (primary N) is 1. The molecule has 0 aliphatic carbocycles. The standard InChI is InChI=1S/C22H34N4O3/c1-16-14-25(15-17(2)29-16)10-7-18-8-11-26(12-9-18)21(27)13-24-20-6-4-3-5-19(20)22(23)28/h3-6,16-18,24H,7-15H2,1-2H3,(H2,23,28)/t16-,17-/m0/s1. The molecule has 0 radical (unpaired) electrons. The van der Waals surface area contributed by atoms with E-state index >= 15 is 0 Å². The van der Waals surface area contributed by atoms with Gasteiger partial charge in [-0.15, -0.1) is 0 Å². The molecule has 0 saturated carbocycles. The molecule has 0 spiro atoms. The van der Waals surface area contributed by atoms with Crippen LogP contribution in [0.4, 0.5) is 5.69 Å². The molecule has 2 amide bonds. The molecule has 29 heavy (non-hydrogen) atoms. The number of carbonyl (C=O) groups excluding carboxylic acids is 2. The smallest absolute Gasteiger partial charge is 0.250 e. The number of benzene rings is 1. The van der Waals surface area contributed by atoms with E-state index in [2.05, 4.69) is 24.1 Å². The lowest BCUT2D eigenvalue weighted by Gasteiger charge is -2.37. The molecule has 0 unspecified atom stereocenters. The van der Waals surface area contributed by atoms with E-state index in [1.807, 2.05) is 11.0 Å². The normalized spacial score (nSPS) is 23.7. The lowest BCUT2D eigenvalue weighted by atomic mass is 9.93. The Morgan fingerprint density at radius 2 is 1.79 bits per heavy atom. The number of para-hydroxylation sites is 1. The molecule has 7 nitrogen and oxygen atoms in total. The van der Waals surface area contributed by atoms with Gasteiger partial charge in [0.1, 0.15) is 0 Å². The van der Waals surface area contributed by atoms with Crippen molar-refractivity contribution in [1.82, 2.24) is 9.80 Å². The predicted molar refractivity (Wildman–Crippen MR) is 114 cm³/mol. The first kappa shape index (κ1) is 21.6. The number of hydrogen-bond acceptors (Lipinski definition) is 5. The summed E-state index contributed by atoms with van der Waals surface area (Å²) in [5, 5.41) is 3.07. The first-order valence-corrected chi connectivity index (χ1v) is 10.7. The fourth-order valence-electron chi connectivity index (χ4n) is 4.44. The molecule has 0 aromatic heterocycles. The molecule has 2 atom stereocenters. The Labute approximate surface area is 173 Å². The Kier molecular flexibility index (Phi) is 7.50. The van der Waals surface area contributed by atoms with Gasteiger partial charge >= 0.3 is 0 Å². The van der Waals surface area contributed by atoms with Crippen molar-refractivity contribution < 1.29 is 14.3 Å². The van der Waals surface area contributed by atoms with Gasteiger partial charge in [0.2, 0.25) is 5.91 Å². The minimum Gasteiger partial charge on any atom is -0.376 e. The lowest BCUT2D eigenvalue weighted by Crippen LogP contribution is -2.46. The van der Waals surface area contributed by atoms with Crippen molar-refractivity contribution in [1.29, 1.82) is 0 Å². The van der Waals surface area contributed by atoms with Gasteiger partial charge in [-0.05, 0) is 57.7 Å². The minimum absolute atomic E-state index is 0.0681. The number of anilines is 1. The van der Waals surface area contributed by atoms with Crippen LogP contribution < -0.4 is 11.1 Å². The molecule has 2 aliphatic rings. The Hall–Kier alpha value is -2.12. The zero-order chi connectivity index (χ0) is 20.8. The summed E-state index contributed by atoms with van der Waals surface area (Å²) < 4.78 is 5.81. The van der Waals surface area contributed by atoms with E-state index in [0.717, 1.165) is 45.6 Å². The molecule has 7 heteroatoms. The van der Waals surface area contributed by atoms with Gasteiger partial charge in [-0.3, -0.25) is 14.5 Å². The van der Waals surface area contributed by atoms with Crippen LogP contribution in [0.3, 0.4) is 0 Å². The molecule has 1 aromatic rings. The number of nitrogens with one attached hydrogen (secondary N) is 1. The van der Waals surface area contributed by atoms with Crippen LogP contribution >= 0.6 is 0 Å². The molecular formula is C22H34N4O3. The van der Waals surface area contributed by atoms with Crippen LogP contribution in [0.2, 0.25) is 0 Å². The van der Waals surface area contributed by atoms with E-state index in [9.17, 15) is 9.59 Å². The number of ether oxygens (including phenoxy) is 1. The number of nitrogens with zero attached hydrogens (tertiary/aromatic N) is 2. The van der Waals surface area contributed by atoms with Crippen LogP contribution in [-0.4, -0.2) is 73.1 Å². The van der Waals surface area contributed by atoms with Crippen molar-refractivity contribution in [2.24, 2.45) is 11.7 Å². The zero-order valence-corrected chi connectivity index (χ0v) is 17.6. The molecular weight excluding hydrogens is 368 g/mol. The molecule has 2 saturated heterocycles. The van der Waals surface area contributed by atoms with Gasteiger partial charge < -0.3 is 20.7 Å². The molecule has 2 fully saturated rings. The molecule has 2 aliphatic heterocycles.